The average molecular weight is 1590 g/mol. The molecule has 31 nitrogen and oxygen atoms in total. The average Bonchev–Trinajstić information content (AvgIpc) is 1.67. The van der Waals surface area contributed by atoms with Crippen LogP contribution in [0.25, 0.3) is 10.8 Å². The predicted octanol–water partition coefficient (Wildman–Crippen LogP) is 2.40. The summed E-state index contributed by atoms with van der Waals surface area (Å²) in [7, 11) is 1.60. The number of likely N-dealkylation sites (N-methyl/N-ethyl adjacent to an activating group) is 1. The third-order valence-corrected chi connectivity index (χ3v) is 19.2. The Kier molecular flexibility index (Phi) is 36.3. The molecule has 10 atom stereocenters. The molecule has 1 aliphatic rings. The molecule has 0 saturated carbocycles. The number of aliphatic hydroxyl groups is 1. The first-order valence-corrected chi connectivity index (χ1v) is 38.9. The van der Waals surface area contributed by atoms with E-state index in [1.807, 2.05) is 70.2 Å². The summed E-state index contributed by atoms with van der Waals surface area (Å²) in [6, 6.07) is 20.5. The van der Waals surface area contributed by atoms with Crippen molar-refractivity contribution in [1.82, 2.24) is 78.7 Å². The van der Waals surface area contributed by atoms with Crippen molar-refractivity contribution in [3.63, 3.8) is 0 Å². The number of pyridine rings is 2. The number of hydrogen-bond donors (Lipinski definition) is 15. The molecule has 16 N–H and O–H groups in total. The van der Waals surface area contributed by atoms with Crippen LogP contribution in [-0.2, 0) is 83.2 Å². The van der Waals surface area contributed by atoms with Gasteiger partial charge in [0, 0.05) is 81.0 Å². The first-order valence-electron chi connectivity index (χ1n) is 38.6. The molecule has 4 aromatic carbocycles. The first-order chi connectivity index (χ1) is 54.6. The van der Waals surface area contributed by atoms with E-state index in [2.05, 4.69) is 79.1 Å². The van der Waals surface area contributed by atoms with Gasteiger partial charge < -0.3 is 84.9 Å². The van der Waals surface area contributed by atoms with Gasteiger partial charge in [-0.1, -0.05) is 118 Å². The number of halogens is 1. The summed E-state index contributed by atoms with van der Waals surface area (Å²) in [6.07, 6.45) is 5.94. The molecule has 32 heteroatoms. The molecule has 1 fully saturated rings. The minimum absolute atomic E-state index is 0.0103. The molecule has 13 amide bonds. The second-order valence-electron chi connectivity index (χ2n) is 29.1. The van der Waals surface area contributed by atoms with Gasteiger partial charge in [-0.2, -0.15) is 0 Å². The monoisotopic (exact) mass is 1590 g/mol. The third-order valence-electron chi connectivity index (χ3n) is 19.0. The Bertz CT molecular complexity index is 4240. The van der Waals surface area contributed by atoms with Crippen LogP contribution in [0.4, 0.5) is 5.69 Å². The third kappa shape index (κ3) is 29.7. The fraction of sp³-hybridized carbons (Fsp3) is 0.451. The molecule has 6 aromatic rings. The van der Waals surface area contributed by atoms with Gasteiger partial charge in [0.2, 0.25) is 70.9 Å². The van der Waals surface area contributed by atoms with E-state index in [-0.39, 0.29) is 107 Å². The van der Waals surface area contributed by atoms with Crippen molar-refractivity contribution in [2.75, 3.05) is 45.2 Å². The SMILES string of the molecule is CNCC(=O)Nc1ccc(C[C@H](NC(=O)[C@H](CO)NC(=O)[C@@H](Cc2cccnc2)NC(=O)[C@@H](Cc2ccc(Cl)cc2)NC(=O)[C@@H](Cc2ccc3ccccc3c2)NC(C)=O)C(=O)N[C@H](CCCCNC(=O)c2ccccn2)C(=O)N[C@@H](CC(C)C)C(=O)N[C@@H](CCCCNC(C)C)C(=O)N2CCC[C@H]2C(=O)N[C@H](C)C(N)=O)cc1. The quantitative estimate of drug-likeness (QED) is 0.0244. The molecule has 0 spiro atoms. The van der Waals surface area contributed by atoms with Crippen LogP contribution in [0.15, 0.2) is 140 Å². The lowest BCUT2D eigenvalue weighted by Crippen LogP contribution is -2.61. The largest absolute Gasteiger partial charge is 0.394 e. The van der Waals surface area contributed by atoms with E-state index in [0.717, 1.165) is 10.8 Å². The lowest BCUT2D eigenvalue weighted by atomic mass is 9.99. The number of anilines is 1. The summed E-state index contributed by atoms with van der Waals surface area (Å²) >= 11 is 6.27. The van der Waals surface area contributed by atoms with Gasteiger partial charge in [0.15, 0.2) is 0 Å². The first kappa shape index (κ1) is 89.9. The number of hydrogen-bond acceptors (Lipinski definition) is 18. The number of primary amides is 1. The van der Waals surface area contributed by atoms with Crippen molar-refractivity contribution >= 4 is 105 Å². The van der Waals surface area contributed by atoms with Gasteiger partial charge in [0.05, 0.1) is 13.2 Å². The second kappa shape index (κ2) is 46.0. The standard InChI is InChI=1S/C82H108ClN17O14/c1-49(2)40-64(75(107)94-63(23-12-13-36-87-50(3)4)82(114)100-39-17-24-70(100)81(113)90-51(5)72(84)104)95-74(106)62(22-11-15-38-89-73(105)61-21-10-14-37-88-61)93-77(109)66(43-54-28-33-60(34-29-54)92-71(103)47-85-7)98-80(112)69(48-101)99-79(111)68(45-56-18-16-35-86-46-56)97-78(110)67(42-53-26-31-59(83)32-27-53)96-76(108)65(91-52(6)102)44-55-25-30-57-19-8-9-20-58(57)41-55/h8-10,14,16,18-21,25-35,37,41,46,49-51,62-70,85,87,101H,11-13,15,17,22-24,36,38-40,42-45,47-48H2,1-7H3,(H2,84,104)(H,89,105)(H,90,113)(H,91,102)(H,92,103)(H,93,109)(H,94,107)(H,95,106)(H,96,108)(H,97,110)(H,98,112)(H,99,111)/t51-,62-,63+,64+,65-,66+,67-,68-,69+,70+/m1/s1. The van der Waals surface area contributed by atoms with E-state index in [0.29, 0.717) is 58.8 Å². The van der Waals surface area contributed by atoms with Crippen LogP contribution in [-0.4, -0.2) is 203 Å². The summed E-state index contributed by atoms with van der Waals surface area (Å²) in [5, 5.41) is 49.5. The highest BCUT2D eigenvalue weighted by molar-refractivity contribution is 6.30. The summed E-state index contributed by atoms with van der Waals surface area (Å²) < 4.78 is 0. The number of nitrogens with two attached hydrogens (primary N) is 1. The van der Waals surface area contributed by atoms with Gasteiger partial charge in [-0.05, 0) is 160 Å². The smallest absolute Gasteiger partial charge is 0.269 e. The molecule has 0 radical (unpaired) electrons. The zero-order valence-corrected chi connectivity index (χ0v) is 66.2. The molecular weight excluding hydrogens is 1480 g/mol. The van der Waals surface area contributed by atoms with Gasteiger partial charge >= 0.3 is 0 Å². The van der Waals surface area contributed by atoms with Crippen molar-refractivity contribution in [2.24, 2.45) is 11.7 Å². The van der Waals surface area contributed by atoms with E-state index in [1.165, 1.54) is 43.4 Å². The molecule has 114 heavy (non-hydrogen) atoms. The van der Waals surface area contributed by atoms with E-state index in [4.69, 9.17) is 17.3 Å². The van der Waals surface area contributed by atoms with E-state index < -0.39 is 138 Å². The number of aromatic nitrogens is 2. The normalized spacial score (nSPS) is 14.9. The maximum atomic E-state index is 15.3. The minimum atomic E-state index is -1.86. The van der Waals surface area contributed by atoms with Crippen LogP contribution >= 0.6 is 11.6 Å². The fourth-order valence-corrected chi connectivity index (χ4v) is 13.1. The van der Waals surface area contributed by atoms with Crippen molar-refractivity contribution in [1.29, 1.82) is 0 Å². The number of carbonyl (C=O) groups excluding carboxylic acids is 13. The fourth-order valence-electron chi connectivity index (χ4n) is 13.0. The highest BCUT2D eigenvalue weighted by Gasteiger charge is 2.40. The minimum Gasteiger partial charge on any atom is -0.394 e. The summed E-state index contributed by atoms with van der Waals surface area (Å²) in [6.45, 7) is 10.1. The molecule has 0 aliphatic carbocycles. The molecule has 1 aliphatic heterocycles. The number of amides is 13. The Labute approximate surface area is 668 Å². The second-order valence-corrected chi connectivity index (χ2v) is 29.6. The van der Waals surface area contributed by atoms with Crippen LogP contribution < -0.4 is 74.9 Å². The number of nitrogens with one attached hydrogen (secondary N) is 13. The Morgan fingerprint density at radius 3 is 1.65 bits per heavy atom. The molecule has 7 rings (SSSR count). The molecule has 3 heterocycles. The van der Waals surface area contributed by atoms with Crippen LogP contribution in [0.5, 0.6) is 0 Å². The number of rotatable bonds is 45. The molecule has 0 bridgehead atoms. The lowest BCUT2D eigenvalue weighted by molar-refractivity contribution is -0.142. The number of carbonyl (C=O) groups is 13. The van der Waals surface area contributed by atoms with Crippen molar-refractivity contribution in [3.05, 3.63) is 173 Å². The van der Waals surface area contributed by atoms with Crippen molar-refractivity contribution < 1.29 is 67.4 Å². The Morgan fingerprint density at radius 1 is 0.544 bits per heavy atom. The van der Waals surface area contributed by atoms with E-state index in [1.54, 1.807) is 79.8 Å². The van der Waals surface area contributed by atoms with Gasteiger partial charge in [0.25, 0.3) is 5.91 Å². The Hall–Kier alpha value is -11.3. The van der Waals surface area contributed by atoms with E-state index >= 15 is 9.59 Å². The number of unbranched alkanes of at least 4 members (excludes halogenated alkanes) is 2. The van der Waals surface area contributed by atoms with Crippen LogP contribution in [0, 0.1) is 5.92 Å². The molecule has 612 valence electrons. The highest BCUT2D eigenvalue weighted by atomic mass is 35.5. The van der Waals surface area contributed by atoms with Crippen LogP contribution in [0.3, 0.4) is 0 Å². The predicted molar refractivity (Wildman–Crippen MR) is 430 cm³/mol. The topological polar surface area (TPSA) is 454 Å². The van der Waals surface area contributed by atoms with E-state index in [9.17, 15) is 57.8 Å². The number of aliphatic hydroxyl groups excluding tert-OH is 1. The van der Waals surface area contributed by atoms with Crippen LogP contribution in [0.2, 0.25) is 5.02 Å². The summed E-state index contributed by atoms with van der Waals surface area (Å²) in [5.74, 6) is -9.83. The highest BCUT2D eigenvalue weighted by Crippen LogP contribution is 2.23. The lowest BCUT2D eigenvalue weighted by Gasteiger charge is -2.31. The van der Waals surface area contributed by atoms with Crippen molar-refractivity contribution in [3.8, 4) is 0 Å². The van der Waals surface area contributed by atoms with Gasteiger partial charge in [0.1, 0.15) is 66.1 Å². The number of nitrogens with zero attached hydrogens (tertiary/aromatic N) is 3. The molecular formula is C82H108ClN17O14. The molecule has 0 unspecified atom stereocenters. The van der Waals surface area contributed by atoms with Gasteiger partial charge in [-0.15, -0.1) is 0 Å². The number of likely N-dealkylation sites (tertiary alicyclic amines) is 1. The maximum Gasteiger partial charge on any atom is 0.269 e. The maximum absolute atomic E-state index is 15.3. The summed E-state index contributed by atoms with van der Waals surface area (Å²) in [4.78, 5) is 193. The van der Waals surface area contributed by atoms with Gasteiger partial charge in [-0.3, -0.25) is 72.3 Å². The van der Waals surface area contributed by atoms with Crippen LogP contribution in [0.1, 0.15) is 132 Å². The zero-order chi connectivity index (χ0) is 82.8. The zero-order valence-electron chi connectivity index (χ0n) is 65.5. The van der Waals surface area contributed by atoms with Gasteiger partial charge in [-0.25, -0.2) is 0 Å². The Morgan fingerprint density at radius 2 is 1.07 bits per heavy atom. The van der Waals surface area contributed by atoms with Crippen molar-refractivity contribution in [2.45, 2.75) is 191 Å². The summed E-state index contributed by atoms with van der Waals surface area (Å²) in [5.41, 5.74) is 8.09. The molecule has 2 aromatic heterocycles. The molecule has 1 saturated heterocycles. The number of fused-ring (bicyclic) bond motifs is 1. The number of benzene rings is 4. The Balaban J connectivity index is 1.18.